The van der Waals surface area contributed by atoms with Crippen molar-refractivity contribution in [3.8, 4) is 0 Å². The van der Waals surface area contributed by atoms with Gasteiger partial charge in [-0.15, -0.1) is 0 Å². The number of esters is 1. The van der Waals surface area contributed by atoms with Gasteiger partial charge in [0, 0.05) is 20.0 Å². The first-order valence-electron chi connectivity index (χ1n) is 5.32. The van der Waals surface area contributed by atoms with Crippen LogP contribution in [-0.4, -0.2) is 31.8 Å². The molecule has 2 N–H and O–H groups in total. The Morgan fingerprint density at radius 3 is 2.53 bits per heavy atom. The maximum atomic E-state index is 11.3. The Morgan fingerprint density at radius 1 is 1.47 bits per heavy atom. The molecule has 90 valence electrons. The summed E-state index contributed by atoms with van der Waals surface area (Å²) in [5, 5.41) is 0. The van der Waals surface area contributed by atoms with Crippen LogP contribution < -0.4 is 5.73 Å². The first-order valence-corrected chi connectivity index (χ1v) is 5.32. The van der Waals surface area contributed by atoms with Crippen molar-refractivity contribution >= 4 is 5.97 Å². The number of hydrogen-bond donors (Lipinski definition) is 1. The van der Waals surface area contributed by atoms with Crippen LogP contribution in [0, 0.1) is 5.92 Å². The van der Waals surface area contributed by atoms with Crippen LogP contribution in [0.25, 0.3) is 0 Å². The van der Waals surface area contributed by atoms with E-state index in [4.69, 9.17) is 15.2 Å². The summed E-state index contributed by atoms with van der Waals surface area (Å²) < 4.78 is 10.3. The molecule has 0 heterocycles. The van der Waals surface area contributed by atoms with E-state index in [-0.39, 0.29) is 17.5 Å². The first-order chi connectivity index (χ1) is 6.91. The molecule has 0 spiro atoms. The molecule has 0 aromatic carbocycles. The molecule has 15 heavy (non-hydrogen) atoms. The number of hydrogen-bond acceptors (Lipinski definition) is 4. The quantitative estimate of drug-likeness (QED) is 0.653. The first kappa shape index (κ1) is 14.4. The minimum Gasteiger partial charge on any atom is -0.466 e. The standard InChI is InChI=1S/C11H23NO3/c1-9(8-12)7-10(13)15-6-5-11(2,3)14-4/h9H,5-8,12H2,1-4H3. The fraction of sp³-hybridized carbons (Fsp3) is 0.909. The Balaban J connectivity index is 3.64. The van der Waals surface area contributed by atoms with E-state index in [0.717, 1.165) is 0 Å². The highest BCUT2D eigenvalue weighted by molar-refractivity contribution is 5.69. The van der Waals surface area contributed by atoms with Gasteiger partial charge in [0.25, 0.3) is 0 Å². The van der Waals surface area contributed by atoms with Crippen molar-refractivity contribution in [1.82, 2.24) is 0 Å². The van der Waals surface area contributed by atoms with E-state index in [1.165, 1.54) is 0 Å². The molecule has 0 fully saturated rings. The average molecular weight is 217 g/mol. The average Bonchev–Trinajstić information content (AvgIpc) is 2.17. The SMILES string of the molecule is COC(C)(C)CCOC(=O)CC(C)CN. The van der Waals surface area contributed by atoms with Gasteiger partial charge in [0.2, 0.25) is 0 Å². The van der Waals surface area contributed by atoms with Gasteiger partial charge in [0.15, 0.2) is 0 Å². The topological polar surface area (TPSA) is 61.5 Å². The zero-order valence-corrected chi connectivity index (χ0v) is 10.2. The van der Waals surface area contributed by atoms with Gasteiger partial charge in [-0.2, -0.15) is 0 Å². The van der Waals surface area contributed by atoms with Crippen LogP contribution in [0.4, 0.5) is 0 Å². The second kappa shape index (κ2) is 6.80. The minimum atomic E-state index is -0.236. The monoisotopic (exact) mass is 217 g/mol. The maximum Gasteiger partial charge on any atom is 0.306 e. The summed E-state index contributed by atoms with van der Waals surface area (Å²) in [6, 6.07) is 0. The second-order valence-corrected chi connectivity index (χ2v) is 4.48. The number of ether oxygens (including phenoxy) is 2. The molecule has 0 rings (SSSR count). The molecule has 0 aromatic heterocycles. The molecule has 0 aliphatic heterocycles. The van der Waals surface area contributed by atoms with Crippen molar-refractivity contribution in [3.05, 3.63) is 0 Å². The summed E-state index contributed by atoms with van der Waals surface area (Å²) in [5.41, 5.74) is 5.18. The molecule has 1 unspecified atom stereocenters. The third kappa shape index (κ3) is 7.33. The van der Waals surface area contributed by atoms with Gasteiger partial charge in [-0.25, -0.2) is 0 Å². The van der Waals surface area contributed by atoms with Crippen molar-refractivity contribution in [2.24, 2.45) is 11.7 Å². The van der Waals surface area contributed by atoms with Crippen LogP contribution in [0.1, 0.15) is 33.6 Å². The Labute approximate surface area is 92.1 Å². The van der Waals surface area contributed by atoms with E-state index in [1.54, 1.807) is 7.11 Å². The number of methoxy groups -OCH3 is 1. The Hall–Kier alpha value is -0.610. The van der Waals surface area contributed by atoms with E-state index < -0.39 is 0 Å². The van der Waals surface area contributed by atoms with Crippen molar-refractivity contribution in [1.29, 1.82) is 0 Å². The normalized spacial score (nSPS) is 13.7. The second-order valence-electron chi connectivity index (χ2n) is 4.48. The van der Waals surface area contributed by atoms with Crippen molar-refractivity contribution in [2.75, 3.05) is 20.3 Å². The largest absolute Gasteiger partial charge is 0.466 e. The minimum absolute atomic E-state index is 0.181. The lowest BCUT2D eigenvalue weighted by Crippen LogP contribution is -2.25. The molecular weight excluding hydrogens is 194 g/mol. The maximum absolute atomic E-state index is 11.3. The van der Waals surface area contributed by atoms with Crippen molar-refractivity contribution in [2.45, 2.75) is 39.2 Å². The third-order valence-corrected chi connectivity index (χ3v) is 2.44. The van der Waals surface area contributed by atoms with Crippen molar-refractivity contribution in [3.63, 3.8) is 0 Å². The van der Waals surface area contributed by atoms with E-state index in [2.05, 4.69) is 0 Å². The Morgan fingerprint density at radius 2 is 2.07 bits per heavy atom. The summed E-state index contributed by atoms with van der Waals surface area (Å²) in [7, 11) is 1.65. The molecule has 0 amide bonds. The molecule has 0 aliphatic rings. The summed E-state index contributed by atoms with van der Waals surface area (Å²) in [5.74, 6) is 0.00721. The molecule has 0 bridgehead atoms. The lowest BCUT2D eigenvalue weighted by atomic mass is 10.1. The molecular formula is C11H23NO3. The number of rotatable bonds is 7. The van der Waals surface area contributed by atoms with Crippen LogP contribution in [0.5, 0.6) is 0 Å². The van der Waals surface area contributed by atoms with Gasteiger partial charge in [-0.1, -0.05) is 6.92 Å². The number of carbonyl (C=O) groups excluding carboxylic acids is 1. The van der Waals surface area contributed by atoms with Gasteiger partial charge < -0.3 is 15.2 Å². The van der Waals surface area contributed by atoms with E-state index in [1.807, 2.05) is 20.8 Å². The summed E-state index contributed by atoms with van der Waals surface area (Å²) in [6.07, 6.45) is 1.09. The van der Waals surface area contributed by atoms with Crippen molar-refractivity contribution < 1.29 is 14.3 Å². The zero-order chi connectivity index (χ0) is 11.9. The van der Waals surface area contributed by atoms with Crippen LogP contribution >= 0.6 is 0 Å². The van der Waals surface area contributed by atoms with Crippen LogP contribution in [0.2, 0.25) is 0 Å². The molecule has 0 saturated heterocycles. The Kier molecular flexibility index (Phi) is 6.52. The molecule has 4 heteroatoms. The molecule has 1 atom stereocenters. The molecule has 0 saturated carbocycles. The highest BCUT2D eigenvalue weighted by Gasteiger charge is 2.17. The molecule has 4 nitrogen and oxygen atoms in total. The smallest absolute Gasteiger partial charge is 0.306 e. The summed E-state index contributed by atoms with van der Waals surface area (Å²) in [4.78, 5) is 11.3. The van der Waals surface area contributed by atoms with Crippen LogP contribution in [0.3, 0.4) is 0 Å². The zero-order valence-electron chi connectivity index (χ0n) is 10.2. The van der Waals surface area contributed by atoms with Crippen LogP contribution in [0.15, 0.2) is 0 Å². The number of carbonyl (C=O) groups is 1. The van der Waals surface area contributed by atoms with Gasteiger partial charge in [0.05, 0.1) is 12.2 Å². The molecule has 0 radical (unpaired) electrons. The van der Waals surface area contributed by atoms with Gasteiger partial charge in [-0.3, -0.25) is 4.79 Å². The molecule has 0 aromatic rings. The highest BCUT2D eigenvalue weighted by Crippen LogP contribution is 2.13. The fourth-order valence-corrected chi connectivity index (χ4v) is 0.939. The van der Waals surface area contributed by atoms with Gasteiger partial charge in [0.1, 0.15) is 0 Å². The third-order valence-electron chi connectivity index (χ3n) is 2.44. The van der Waals surface area contributed by atoms with E-state index >= 15 is 0 Å². The highest BCUT2D eigenvalue weighted by atomic mass is 16.5. The molecule has 0 aliphatic carbocycles. The Bertz CT molecular complexity index is 192. The lowest BCUT2D eigenvalue weighted by Gasteiger charge is -2.22. The summed E-state index contributed by atoms with van der Waals surface area (Å²) >= 11 is 0. The summed E-state index contributed by atoms with van der Waals surface area (Å²) in [6.45, 7) is 6.77. The van der Waals surface area contributed by atoms with E-state index in [9.17, 15) is 4.79 Å². The van der Waals surface area contributed by atoms with Crippen LogP contribution in [-0.2, 0) is 14.3 Å². The van der Waals surface area contributed by atoms with E-state index in [0.29, 0.717) is 26.0 Å². The van der Waals surface area contributed by atoms with Gasteiger partial charge >= 0.3 is 5.97 Å². The fourth-order valence-electron chi connectivity index (χ4n) is 0.939. The van der Waals surface area contributed by atoms with Gasteiger partial charge in [-0.05, 0) is 26.3 Å². The predicted molar refractivity (Wildman–Crippen MR) is 59.5 cm³/mol. The predicted octanol–water partition coefficient (Wildman–Crippen LogP) is 1.33. The lowest BCUT2D eigenvalue weighted by molar-refractivity contribution is -0.146. The number of nitrogens with two attached hydrogens (primary N) is 1.